The molecule has 0 saturated heterocycles. The van der Waals surface area contributed by atoms with Crippen LogP contribution in [0.25, 0.3) is 0 Å². The van der Waals surface area contributed by atoms with E-state index in [2.05, 4.69) is 5.32 Å². The molecule has 0 aliphatic carbocycles. The van der Waals surface area contributed by atoms with Crippen LogP contribution in [0.1, 0.15) is 24.9 Å². The van der Waals surface area contributed by atoms with Crippen LogP contribution in [-0.2, 0) is 4.74 Å². The maximum absolute atomic E-state index is 13.6. The first kappa shape index (κ1) is 15.0. The monoisotopic (exact) mass is 261 g/mol. The minimum atomic E-state index is -2.46. The van der Waals surface area contributed by atoms with Crippen molar-refractivity contribution in [2.45, 2.75) is 25.8 Å². The first-order valence-electron chi connectivity index (χ1n) is 5.98. The van der Waals surface area contributed by atoms with Crippen LogP contribution in [0.3, 0.4) is 0 Å². The molecule has 1 aromatic carbocycles. The molecule has 18 heavy (non-hydrogen) atoms. The summed E-state index contributed by atoms with van der Waals surface area (Å²) >= 11 is 0. The van der Waals surface area contributed by atoms with Crippen molar-refractivity contribution < 1.29 is 17.9 Å². The van der Waals surface area contributed by atoms with Gasteiger partial charge in [0.05, 0.1) is 0 Å². The van der Waals surface area contributed by atoms with E-state index in [4.69, 9.17) is 4.74 Å². The molecular weight excluding hydrogens is 243 g/mol. The number of ether oxygens (including phenoxy) is 1. The van der Waals surface area contributed by atoms with E-state index in [1.807, 2.05) is 6.92 Å². The molecule has 0 spiro atoms. The number of halogens is 3. The molecule has 1 N–H and O–H groups in total. The second-order valence-electron chi connectivity index (χ2n) is 3.89. The number of hydrogen-bond acceptors (Lipinski definition) is 2. The van der Waals surface area contributed by atoms with Gasteiger partial charge in [-0.15, -0.1) is 0 Å². The Balaban J connectivity index is 2.52. The molecule has 0 saturated carbocycles. The topological polar surface area (TPSA) is 21.3 Å². The van der Waals surface area contributed by atoms with E-state index < -0.39 is 13.0 Å². The van der Waals surface area contributed by atoms with Crippen molar-refractivity contribution in [1.82, 2.24) is 5.32 Å². The van der Waals surface area contributed by atoms with Crippen molar-refractivity contribution >= 4 is 0 Å². The molecule has 102 valence electrons. The van der Waals surface area contributed by atoms with Gasteiger partial charge in [0, 0.05) is 18.2 Å². The molecule has 0 radical (unpaired) electrons. The van der Waals surface area contributed by atoms with Crippen LogP contribution in [0.15, 0.2) is 24.3 Å². The highest BCUT2D eigenvalue weighted by Gasteiger charge is 2.14. The Hall–Kier alpha value is -1.07. The molecule has 0 fully saturated rings. The Morgan fingerprint density at radius 1 is 1.28 bits per heavy atom. The third-order valence-corrected chi connectivity index (χ3v) is 2.53. The van der Waals surface area contributed by atoms with E-state index in [1.165, 1.54) is 6.07 Å². The Morgan fingerprint density at radius 2 is 2.00 bits per heavy atom. The molecule has 1 atom stereocenters. The van der Waals surface area contributed by atoms with Crippen LogP contribution in [0.5, 0.6) is 0 Å². The van der Waals surface area contributed by atoms with E-state index in [9.17, 15) is 13.2 Å². The summed E-state index contributed by atoms with van der Waals surface area (Å²) in [6.07, 6.45) is -2.00. The van der Waals surface area contributed by atoms with Crippen molar-refractivity contribution in [3.63, 3.8) is 0 Å². The Kier molecular flexibility index (Phi) is 6.75. The first-order valence-corrected chi connectivity index (χ1v) is 5.98. The maximum atomic E-state index is 13.6. The minimum absolute atomic E-state index is 0.177. The highest BCUT2D eigenvalue weighted by molar-refractivity contribution is 5.21. The average Bonchev–Trinajstić information content (AvgIpc) is 2.34. The Bertz CT molecular complexity index is 347. The quantitative estimate of drug-likeness (QED) is 0.726. The second-order valence-corrected chi connectivity index (χ2v) is 3.89. The highest BCUT2D eigenvalue weighted by atomic mass is 19.3. The van der Waals surface area contributed by atoms with Crippen molar-refractivity contribution in [3.05, 3.63) is 35.6 Å². The van der Waals surface area contributed by atoms with E-state index in [-0.39, 0.29) is 18.5 Å². The minimum Gasteiger partial charge on any atom is -0.375 e. The molecule has 2 nitrogen and oxygen atoms in total. The van der Waals surface area contributed by atoms with Gasteiger partial charge in [0.15, 0.2) is 0 Å². The summed E-state index contributed by atoms with van der Waals surface area (Å²) in [5, 5.41) is 3.12. The van der Waals surface area contributed by atoms with Crippen LogP contribution >= 0.6 is 0 Å². The van der Waals surface area contributed by atoms with Crippen molar-refractivity contribution in [3.8, 4) is 0 Å². The smallest absolute Gasteiger partial charge is 0.261 e. The number of rotatable bonds is 8. The number of alkyl halides is 2. The number of benzene rings is 1. The Labute approximate surface area is 105 Å². The van der Waals surface area contributed by atoms with Gasteiger partial charge >= 0.3 is 0 Å². The lowest BCUT2D eigenvalue weighted by Gasteiger charge is -2.18. The van der Waals surface area contributed by atoms with Crippen molar-refractivity contribution in [2.75, 3.05) is 19.8 Å². The zero-order chi connectivity index (χ0) is 13.4. The third-order valence-electron chi connectivity index (χ3n) is 2.53. The SMILES string of the molecule is CCNC(CCOCC(F)F)c1ccccc1F. The zero-order valence-electron chi connectivity index (χ0n) is 10.3. The molecule has 1 aromatic rings. The molecule has 0 amide bonds. The van der Waals surface area contributed by atoms with Gasteiger partial charge in [-0.1, -0.05) is 25.1 Å². The fourth-order valence-corrected chi connectivity index (χ4v) is 1.75. The van der Waals surface area contributed by atoms with Crippen LogP contribution in [-0.4, -0.2) is 26.2 Å². The first-order chi connectivity index (χ1) is 8.65. The highest BCUT2D eigenvalue weighted by Crippen LogP contribution is 2.20. The molecule has 0 bridgehead atoms. The summed E-state index contributed by atoms with van der Waals surface area (Å²) in [7, 11) is 0. The van der Waals surface area contributed by atoms with Crippen LogP contribution in [0.2, 0.25) is 0 Å². The average molecular weight is 261 g/mol. The standard InChI is InChI=1S/C13H18F3NO/c1-2-17-12(7-8-18-9-13(15)16)10-5-3-4-6-11(10)14/h3-6,12-13,17H,2,7-9H2,1H3. The van der Waals surface area contributed by atoms with Gasteiger partial charge in [-0.05, 0) is 19.0 Å². The van der Waals surface area contributed by atoms with Gasteiger partial charge in [-0.25, -0.2) is 13.2 Å². The predicted octanol–water partition coefficient (Wildman–Crippen LogP) is 3.15. The summed E-state index contributed by atoms with van der Waals surface area (Å²) < 4.78 is 42.2. The third kappa shape index (κ3) is 5.06. The van der Waals surface area contributed by atoms with Gasteiger partial charge in [0.1, 0.15) is 12.4 Å². The summed E-state index contributed by atoms with van der Waals surface area (Å²) in [5.41, 5.74) is 0.542. The summed E-state index contributed by atoms with van der Waals surface area (Å²) in [6.45, 7) is 2.19. The second kappa shape index (κ2) is 8.11. The summed E-state index contributed by atoms with van der Waals surface area (Å²) in [4.78, 5) is 0. The van der Waals surface area contributed by atoms with Gasteiger partial charge in [-0.2, -0.15) is 0 Å². The summed E-state index contributed by atoms with van der Waals surface area (Å²) in [5.74, 6) is -0.294. The van der Waals surface area contributed by atoms with E-state index in [0.717, 1.165) is 0 Å². The molecule has 5 heteroatoms. The largest absolute Gasteiger partial charge is 0.375 e. The lowest BCUT2D eigenvalue weighted by molar-refractivity contribution is 0.0143. The van der Waals surface area contributed by atoms with Crippen LogP contribution in [0.4, 0.5) is 13.2 Å². The molecule has 0 aliphatic heterocycles. The molecule has 1 unspecified atom stereocenters. The zero-order valence-corrected chi connectivity index (χ0v) is 10.3. The lowest BCUT2D eigenvalue weighted by atomic mass is 10.0. The lowest BCUT2D eigenvalue weighted by Crippen LogP contribution is -2.23. The molecule has 1 rings (SSSR count). The van der Waals surface area contributed by atoms with Gasteiger partial charge in [0.25, 0.3) is 6.43 Å². The van der Waals surface area contributed by atoms with Gasteiger partial charge < -0.3 is 10.1 Å². The van der Waals surface area contributed by atoms with Crippen LogP contribution in [0, 0.1) is 5.82 Å². The maximum Gasteiger partial charge on any atom is 0.261 e. The van der Waals surface area contributed by atoms with Crippen molar-refractivity contribution in [1.29, 1.82) is 0 Å². The van der Waals surface area contributed by atoms with Gasteiger partial charge in [-0.3, -0.25) is 0 Å². The normalized spacial score (nSPS) is 12.9. The van der Waals surface area contributed by atoms with E-state index in [0.29, 0.717) is 18.5 Å². The Morgan fingerprint density at radius 3 is 2.61 bits per heavy atom. The van der Waals surface area contributed by atoms with E-state index >= 15 is 0 Å². The molecule has 0 aliphatic rings. The van der Waals surface area contributed by atoms with E-state index in [1.54, 1.807) is 18.2 Å². The fraction of sp³-hybridized carbons (Fsp3) is 0.538. The number of nitrogens with one attached hydrogen (secondary N) is 1. The summed E-state index contributed by atoms with van der Waals surface area (Å²) in [6, 6.07) is 6.24. The predicted molar refractivity (Wildman–Crippen MR) is 64.3 cm³/mol. The molecule has 0 aromatic heterocycles. The molecular formula is C13H18F3NO. The number of hydrogen-bond donors (Lipinski definition) is 1. The molecule has 0 heterocycles. The fourth-order valence-electron chi connectivity index (χ4n) is 1.75. The van der Waals surface area contributed by atoms with Crippen LogP contribution < -0.4 is 5.32 Å². The van der Waals surface area contributed by atoms with Gasteiger partial charge in [0.2, 0.25) is 0 Å². The van der Waals surface area contributed by atoms with Crippen molar-refractivity contribution in [2.24, 2.45) is 0 Å².